The van der Waals surface area contributed by atoms with Crippen molar-refractivity contribution >= 4 is 27.1 Å². The lowest BCUT2D eigenvalue weighted by molar-refractivity contribution is -0.122. The van der Waals surface area contributed by atoms with Crippen LogP contribution in [0.15, 0.2) is 55.0 Å². The summed E-state index contributed by atoms with van der Waals surface area (Å²) in [5.41, 5.74) is 5.61. The highest BCUT2D eigenvalue weighted by Crippen LogP contribution is 2.26. The maximum absolute atomic E-state index is 13.3. The van der Waals surface area contributed by atoms with Crippen molar-refractivity contribution in [3.8, 4) is 0 Å². The molecule has 0 N–H and O–H groups in total. The van der Waals surface area contributed by atoms with Crippen molar-refractivity contribution in [2.45, 2.75) is 39.4 Å². The van der Waals surface area contributed by atoms with Crippen LogP contribution in [0.5, 0.6) is 0 Å². The smallest absolute Gasteiger partial charge is 0.241 e. The second-order valence-electron chi connectivity index (χ2n) is 9.62. The maximum atomic E-state index is 13.3. The van der Waals surface area contributed by atoms with Crippen LogP contribution in [0.25, 0.3) is 4.85 Å². The molecule has 1 amide bonds. The van der Waals surface area contributed by atoms with Crippen molar-refractivity contribution in [2.75, 3.05) is 30.0 Å². The zero-order chi connectivity index (χ0) is 25.9. The fourth-order valence-corrected chi connectivity index (χ4v) is 5.38. The first-order chi connectivity index (χ1) is 17.1. The second-order valence-corrected chi connectivity index (χ2v) is 11.9. The van der Waals surface area contributed by atoms with Gasteiger partial charge < -0.3 is 9.47 Å². The van der Waals surface area contributed by atoms with Gasteiger partial charge >= 0.3 is 0 Å². The molecule has 1 aliphatic rings. The Morgan fingerprint density at radius 1 is 1.08 bits per heavy atom. The summed E-state index contributed by atoms with van der Waals surface area (Å²) in [5, 5.41) is 0. The first kappa shape index (κ1) is 25.6. The Hall–Kier alpha value is -3.48. The number of sulfone groups is 1. The molecule has 1 aliphatic heterocycles. The molecule has 0 spiro atoms. The van der Waals surface area contributed by atoms with E-state index in [1.165, 1.54) is 6.26 Å². The predicted octanol–water partition coefficient (Wildman–Crippen LogP) is 3.75. The molecule has 0 bridgehead atoms. The van der Waals surface area contributed by atoms with Gasteiger partial charge in [0.05, 0.1) is 30.9 Å². The van der Waals surface area contributed by atoms with E-state index in [1.807, 2.05) is 42.7 Å². The molecule has 2 aromatic carbocycles. The number of aromatic nitrogens is 2. The van der Waals surface area contributed by atoms with Crippen molar-refractivity contribution in [1.82, 2.24) is 14.5 Å². The van der Waals surface area contributed by atoms with Crippen molar-refractivity contribution in [2.24, 2.45) is 0 Å². The first-order valence-electron chi connectivity index (χ1n) is 11.9. The van der Waals surface area contributed by atoms with Crippen molar-refractivity contribution in [1.29, 1.82) is 0 Å². The fraction of sp³-hybridized carbons (Fsp3) is 0.370. The number of carbonyl (C=O) groups excluding carboxylic acids is 1. The Kier molecular flexibility index (Phi) is 7.57. The predicted molar refractivity (Wildman–Crippen MR) is 141 cm³/mol. The summed E-state index contributed by atoms with van der Waals surface area (Å²) in [5.74, 6) is 0.0619. The van der Waals surface area contributed by atoms with Crippen LogP contribution >= 0.6 is 0 Å². The van der Waals surface area contributed by atoms with Gasteiger partial charge in [-0.3, -0.25) is 9.69 Å². The average molecular weight is 506 g/mol. The highest BCUT2D eigenvalue weighted by Gasteiger charge is 2.34. The number of rotatable bonds is 8. The summed E-state index contributed by atoms with van der Waals surface area (Å²) < 4.78 is 26.0. The fourth-order valence-electron chi connectivity index (χ4n) is 4.68. The Bertz CT molecular complexity index is 1370. The highest BCUT2D eigenvalue weighted by molar-refractivity contribution is 7.90. The van der Waals surface area contributed by atoms with Gasteiger partial charge in [-0.1, -0.05) is 30.3 Å². The van der Waals surface area contributed by atoms with Crippen LogP contribution in [0.4, 0.5) is 11.4 Å². The number of piperazine rings is 1. The molecule has 0 radical (unpaired) electrons. The van der Waals surface area contributed by atoms with E-state index in [0.717, 1.165) is 28.1 Å². The minimum Gasteiger partial charge on any atom is -0.329 e. The second kappa shape index (κ2) is 10.6. The molecule has 3 aromatic rings. The molecule has 1 saturated heterocycles. The number of benzene rings is 2. The van der Waals surface area contributed by atoms with Crippen molar-refractivity contribution in [3.63, 3.8) is 0 Å². The maximum Gasteiger partial charge on any atom is 0.241 e. The van der Waals surface area contributed by atoms with E-state index in [1.54, 1.807) is 29.6 Å². The minimum absolute atomic E-state index is 0.00333. The van der Waals surface area contributed by atoms with Gasteiger partial charge in [0, 0.05) is 43.8 Å². The van der Waals surface area contributed by atoms with Gasteiger partial charge in [-0.25, -0.2) is 18.2 Å². The normalized spacial score (nSPS) is 16.8. The van der Waals surface area contributed by atoms with Gasteiger partial charge in [0.1, 0.15) is 9.84 Å². The standard InChI is InChI=1S/C27H31N5O3S/c1-20-11-21(2)13-25(12-20)32-17-24(9-10-36(4,34)35)30(18-27(32)33)16-26-14-29-19-31(26)15-22-5-7-23(28-3)8-6-22/h5-8,11-14,19,24H,9-10,15-18H2,1-2,4H3/t24-/m0/s1. The molecular weight excluding hydrogens is 474 g/mol. The number of hydrogen-bond acceptors (Lipinski definition) is 5. The van der Waals surface area contributed by atoms with Gasteiger partial charge in [0.25, 0.3) is 0 Å². The molecule has 0 aliphatic carbocycles. The molecule has 2 heterocycles. The molecule has 1 aromatic heterocycles. The van der Waals surface area contributed by atoms with Crippen molar-refractivity contribution in [3.05, 3.63) is 88.8 Å². The number of carbonyl (C=O) groups is 1. The third kappa shape index (κ3) is 6.39. The molecule has 9 heteroatoms. The number of hydrogen-bond donors (Lipinski definition) is 0. The zero-order valence-electron chi connectivity index (χ0n) is 20.9. The summed E-state index contributed by atoms with van der Waals surface area (Å²) in [6.45, 7) is 12.9. The van der Waals surface area contributed by atoms with Crippen LogP contribution in [0.1, 0.15) is 28.8 Å². The number of imidazole rings is 1. The SMILES string of the molecule is [C-]#[N+]c1ccc(Cn2cncc2CN2CC(=O)N(c3cc(C)cc(C)c3)C[C@@H]2CCS(C)(=O)=O)cc1. The Morgan fingerprint density at radius 3 is 2.42 bits per heavy atom. The quantitative estimate of drug-likeness (QED) is 0.436. The van der Waals surface area contributed by atoms with Gasteiger partial charge in [0.15, 0.2) is 5.69 Å². The monoisotopic (exact) mass is 505 g/mol. The van der Waals surface area contributed by atoms with Crippen LogP contribution in [0, 0.1) is 20.4 Å². The Balaban J connectivity index is 1.55. The highest BCUT2D eigenvalue weighted by atomic mass is 32.2. The van der Waals surface area contributed by atoms with Crippen LogP contribution in [0.3, 0.4) is 0 Å². The lowest BCUT2D eigenvalue weighted by Gasteiger charge is -2.41. The third-order valence-electron chi connectivity index (χ3n) is 6.47. The molecule has 0 unspecified atom stereocenters. The minimum atomic E-state index is -3.14. The summed E-state index contributed by atoms with van der Waals surface area (Å²) in [6.07, 6.45) is 5.25. The first-order valence-corrected chi connectivity index (χ1v) is 13.9. The van der Waals surface area contributed by atoms with Gasteiger partial charge in [-0.15, -0.1) is 0 Å². The summed E-state index contributed by atoms with van der Waals surface area (Å²) in [4.78, 5) is 24.9. The molecule has 1 fully saturated rings. The Labute approximate surface area is 212 Å². The van der Waals surface area contributed by atoms with E-state index in [2.05, 4.69) is 20.8 Å². The lowest BCUT2D eigenvalue weighted by atomic mass is 10.1. The molecule has 36 heavy (non-hydrogen) atoms. The van der Waals surface area contributed by atoms with Gasteiger partial charge in [0.2, 0.25) is 5.91 Å². The zero-order valence-corrected chi connectivity index (χ0v) is 21.7. The van der Waals surface area contributed by atoms with E-state index in [4.69, 9.17) is 6.57 Å². The topological polar surface area (TPSA) is 79.9 Å². The third-order valence-corrected chi connectivity index (χ3v) is 7.45. The van der Waals surface area contributed by atoms with E-state index < -0.39 is 9.84 Å². The number of anilines is 1. The van der Waals surface area contributed by atoms with Crippen LogP contribution < -0.4 is 4.90 Å². The van der Waals surface area contributed by atoms with Crippen LogP contribution in [0.2, 0.25) is 0 Å². The van der Waals surface area contributed by atoms with Gasteiger partial charge in [-0.2, -0.15) is 0 Å². The molecule has 188 valence electrons. The largest absolute Gasteiger partial charge is 0.329 e. The average Bonchev–Trinajstić information content (AvgIpc) is 3.24. The van der Waals surface area contributed by atoms with E-state index in [0.29, 0.717) is 31.7 Å². The van der Waals surface area contributed by atoms with E-state index in [9.17, 15) is 13.2 Å². The van der Waals surface area contributed by atoms with Gasteiger partial charge in [-0.05, 0) is 49.1 Å². The lowest BCUT2D eigenvalue weighted by Crippen LogP contribution is -2.56. The summed E-state index contributed by atoms with van der Waals surface area (Å²) in [6, 6.07) is 13.4. The molecular formula is C27H31N5O3S. The molecule has 0 saturated carbocycles. The summed E-state index contributed by atoms with van der Waals surface area (Å²) >= 11 is 0. The molecule has 4 rings (SSSR count). The van der Waals surface area contributed by atoms with Crippen LogP contribution in [-0.4, -0.2) is 59.9 Å². The van der Waals surface area contributed by atoms with E-state index >= 15 is 0 Å². The number of aryl methyl sites for hydroxylation is 2. The Morgan fingerprint density at radius 2 is 1.78 bits per heavy atom. The number of nitrogens with zero attached hydrogens (tertiary/aromatic N) is 5. The molecule has 1 atom stereocenters. The summed E-state index contributed by atoms with van der Waals surface area (Å²) in [7, 11) is -3.14. The number of amides is 1. The van der Waals surface area contributed by atoms with E-state index in [-0.39, 0.29) is 24.2 Å². The van der Waals surface area contributed by atoms with Crippen LogP contribution in [-0.2, 0) is 27.7 Å². The molecule has 8 nitrogen and oxygen atoms in total. The van der Waals surface area contributed by atoms with Crippen molar-refractivity contribution < 1.29 is 13.2 Å².